The zero-order valence-corrected chi connectivity index (χ0v) is 14.8. The number of pyridine rings is 1. The second-order valence-electron chi connectivity index (χ2n) is 6.04. The van der Waals surface area contributed by atoms with Gasteiger partial charge in [-0.15, -0.1) is 0 Å². The Morgan fingerprint density at radius 2 is 1.85 bits per heavy atom. The average molecular weight is 378 g/mol. The Morgan fingerprint density at radius 3 is 2.67 bits per heavy atom. The summed E-state index contributed by atoms with van der Waals surface area (Å²) in [5.74, 6) is -1.78. The molecule has 1 aromatic heterocycles. The maximum Gasteiger partial charge on any atom is 0.338 e. The van der Waals surface area contributed by atoms with Crippen LogP contribution in [0, 0.1) is 0 Å². The van der Waals surface area contributed by atoms with Gasteiger partial charge >= 0.3 is 5.97 Å². The quantitative estimate of drug-likeness (QED) is 0.701. The summed E-state index contributed by atoms with van der Waals surface area (Å²) in [6.07, 6.45) is 1.47. The summed E-state index contributed by atoms with van der Waals surface area (Å²) in [6, 6.07) is 16.0. The van der Waals surface area contributed by atoms with E-state index in [1.165, 1.54) is 23.2 Å². The van der Waals surface area contributed by atoms with Crippen LogP contribution in [0.4, 0.5) is 5.69 Å². The summed E-state index contributed by atoms with van der Waals surface area (Å²) < 4.78 is 0. The van der Waals surface area contributed by atoms with E-state index in [9.17, 15) is 19.5 Å². The minimum atomic E-state index is -1.12. The number of hydrogen-bond acceptors (Lipinski definition) is 5. The average Bonchev–Trinajstić information content (AvgIpc) is 2.95. The van der Waals surface area contributed by atoms with Crippen molar-refractivity contribution in [1.82, 2.24) is 4.98 Å². The number of benzene rings is 2. The highest BCUT2D eigenvalue weighted by molar-refractivity contribution is 8.00. The van der Waals surface area contributed by atoms with Gasteiger partial charge in [0.1, 0.15) is 5.03 Å². The first-order valence-electron chi connectivity index (χ1n) is 8.26. The molecule has 0 radical (unpaired) electrons. The van der Waals surface area contributed by atoms with E-state index in [4.69, 9.17) is 0 Å². The van der Waals surface area contributed by atoms with E-state index in [1.807, 2.05) is 30.3 Å². The van der Waals surface area contributed by atoms with Crippen molar-refractivity contribution in [3.05, 3.63) is 66.4 Å². The Labute approximate surface area is 158 Å². The third-order valence-corrected chi connectivity index (χ3v) is 5.57. The molecule has 0 saturated carbocycles. The summed E-state index contributed by atoms with van der Waals surface area (Å²) >= 11 is 1.02. The molecule has 27 heavy (non-hydrogen) atoms. The normalized spacial score (nSPS) is 16.9. The highest BCUT2D eigenvalue weighted by Crippen LogP contribution is 2.36. The SMILES string of the molecule is O=C(O)c1cccnc1S[C@@H]1CC(=O)N(c2cccc3ccccc23)C1=O. The van der Waals surface area contributed by atoms with Crippen LogP contribution in [0.5, 0.6) is 0 Å². The number of nitrogens with zero attached hydrogens (tertiary/aromatic N) is 2. The van der Waals surface area contributed by atoms with Gasteiger partial charge in [0.15, 0.2) is 0 Å². The Kier molecular flexibility index (Phi) is 4.37. The molecule has 1 N–H and O–H groups in total. The molecule has 1 fully saturated rings. The number of fused-ring (bicyclic) bond motifs is 1. The molecule has 1 atom stereocenters. The summed E-state index contributed by atoms with van der Waals surface area (Å²) in [7, 11) is 0. The minimum Gasteiger partial charge on any atom is -0.478 e. The second kappa shape index (κ2) is 6.85. The van der Waals surface area contributed by atoms with Crippen LogP contribution in [0.3, 0.4) is 0 Å². The molecule has 0 aliphatic carbocycles. The van der Waals surface area contributed by atoms with Crippen LogP contribution in [0.25, 0.3) is 10.8 Å². The van der Waals surface area contributed by atoms with Crippen molar-refractivity contribution < 1.29 is 19.5 Å². The lowest BCUT2D eigenvalue weighted by Crippen LogP contribution is -2.31. The molecule has 1 saturated heterocycles. The van der Waals surface area contributed by atoms with Crippen molar-refractivity contribution in [1.29, 1.82) is 0 Å². The zero-order chi connectivity index (χ0) is 19.0. The largest absolute Gasteiger partial charge is 0.478 e. The van der Waals surface area contributed by atoms with Crippen molar-refractivity contribution in [3.63, 3.8) is 0 Å². The Bertz CT molecular complexity index is 1080. The number of rotatable bonds is 4. The fraction of sp³-hybridized carbons (Fsp3) is 0.100. The van der Waals surface area contributed by atoms with Gasteiger partial charge in [-0.3, -0.25) is 9.59 Å². The number of aromatic nitrogens is 1. The lowest BCUT2D eigenvalue weighted by molar-refractivity contribution is -0.121. The molecule has 134 valence electrons. The number of imide groups is 1. The third kappa shape index (κ3) is 3.06. The van der Waals surface area contributed by atoms with Gasteiger partial charge in [-0.2, -0.15) is 0 Å². The summed E-state index contributed by atoms with van der Waals surface area (Å²) in [6.45, 7) is 0. The van der Waals surface area contributed by atoms with Crippen molar-refractivity contribution >= 4 is 46.0 Å². The van der Waals surface area contributed by atoms with Crippen LogP contribution in [-0.2, 0) is 9.59 Å². The molecule has 0 spiro atoms. The van der Waals surface area contributed by atoms with Crippen molar-refractivity contribution in [3.8, 4) is 0 Å². The van der Waals surface area contributed by atoms with Crippen LogP contribution >= 0.6 is 11.8 Å². The monoisotopic (exact) mass is 378 g/mol. The molecule has 2 amide bonds. The Morgan fingerprint density at radius 1 is 1.07 bits per heavy atom. The third-order valence-electron chi connectivity index (χ3n) is 4.37. The summed E-state index contributed by atoms with van der Waals surface area (Å²) in [5, 5.41) is 10.6. The molecule has 1 aliphatic rings. The molecular weight excluding hydrogens is 364 g/mol. The molecule has 7 heteroatoms. The van der Waals surface area contributed by atoms with Crippen molar-refractivity contribution in [2.24, 2.45) is 0 Å². The van der Waals surface area contributed by atoms with Gasteiger partial charge in [0.05, 0.1) is 16.5 Å². The molecule has 3 aromatic rings. The smallest absolute Gasteiger partial charge is 0.338 e. The summed E-state index contributed by atoms with van der Waals surface area (Å²) in [5.41, 5.74) is 0.567. The van der Waals surface area contributed by atoms with E-state index >= 15 is 0 Å². The number of aromatic carboxylic acids is 1. The van der Waals surface area contributed by atoms with Crippen LogP contribution in [0.1, 0.15) is 16.8 Å². The molecule has 4 rings (SSSR count). The molecule has 2 aromatic carbocycles. The maximum atomic E-state index is 13.0. The molecule has 0 unspecified atom stereocenters. The topological polar surface area (TPSA) is 87.6 Å². The first-order valence-corrected chi connectivity index (χ1v) is 9.14. The Balaban J connectivity index is 1.68. The number of thioether (sulfide) groups is 1. The van der Waals surface area contributed by atoms with Crippen LogP contribution in [-0.4, -0.2) is 33.1 Å². The first-order chi connectivity index (χ1) is 13.1. The van der Waals surface area contributed by atoms with Gasteiger partial charge in [-0.1, -0.05) is 48.2 Å². The van der Waals surface area contributed by atoms with Crippen LogP contribution in [0.2, 0.25) is 0 Å². The standard InChI is InChI=1S/C20H14N2O4S/c23-17-11-16(27-18-14(20(25)26)8-4-10-21-18)19(24)22(17)15-9-3-6-12-5-1-2-7-13(12)15/h1-10,16H,11H2,(H,25,26)/t16-/m1/s1. The summed E-state index contributed by atoms with van der Waals surface area (Å²) in [4.78, 5) is 42.2. The van der Waals surface area contributed by atoms with Gasteiger partial charge in [0, 0.05) is 18.0 Å². The number of carbonyl (C=O) groups is 3. The molecule has 1 aliphatic heterocycles. The molecule has 6 nitrogen and oxygen atoms in total. The van der Waals surface area contributed by atoms with E-state index in [2.05, 4.69) is 4.98 Å². The number of carbonyl (C=O) groups excluding carboxylic acids is 2. The van der Waals surface area contributed by atoms with E-state index in [0.717, 1.165) is 22.5 Å². The lowest BCUT2D eigenvalue weighted by Gasteiger charge is -2.17. The second-order valence-corrected chi connectivity index (χ2v) is 7.23. The molecule has 0 bridgehead atoms. The fourth-order valence-electron chi connectivity index (χ4n) is 3.13. The molecule has 2 heterocycles. The number of carboxylic acids is 1. The van der Waals surface area contributed by atoms with Crippen LogP contribution < -0.4 is 4.90 Å². The molecular formula is C20H14N2O4S. The van der Waals surface area contributed by atoms with E-state index in [0.29, 0.717) is 5.69 Å². The van der Waals surface area contributed by atoms with Crippen molar-refractivity contribution in [2.45, 2.75) is 16.7 Å². The van der Waals surface area contributed by atoms with Gasteiger partial charge in [-0.25, -0.2) is 14.7 Å². The zero-order valence-electron chi connectivity index (χ0n) is 14.0. The number of anilines is 1. The maximum absolute atomic E-state index is 13.0. The highest BCUT2D eigenvalue weighted by atomic mass is 32.2. The van der Waals surface area contributed by atoms with Gasteiger partial charge in [0.2, 0.25) is 11.8 Å². The van der Waals surface area contributed by atoms with Gasteiger partial charge in [0.25, 0.3) is 0 Å². The first kappa shape index (κ1) is 17.2. The predicted octanol–water partition coefficient (Wildman–Crippen LogP) is 3.36. The van der Waals surface area contributed by atoms with E-state index < -0.39 is 11.2 Å². The number of carboxylic acid groups (broad SMARTS) is 1. The van der Waals surface area contributed by atoms with Gasteiger partial charge in [-0.05, 0) is 23.6 Å². The Hall–Kier alpha value is -3.19. The van der Waals surface area contributed by atoms with Crippen LogP contribution in [0.15, 0.2) is 65.8 Å². The fourth-order valence-corrected chi connectivity index (χ4v) is 4.24. The van der Waals surface area contributed by atoms with Crippen molar-refractivity contribution in [2.75, 3.05) is 4.90 Å². The number of amides is 2. The minimum absolute atomic E-state index is 0.00234. The number of hydrogen-bond donors (Lipinski definition) is 1. The lowest BCUT2D eigenvalue weighted by atomic mass is 10.1. The van der Waals surface area contributed by atoms with E-state index in [1.54, 1.807) is 12.1 Å². The highest BCUT2D eigenvalue weighted by Gasteiger charge is 2.41. The van der Waals surface area contributed by atoms with E-state index in [-0.39, 0.29) is 28.8 Å². The predicted molar refractivity (Wildman–Crippen MR) is 102 cm³/mol. The van der Waals surface area contributed by atoms with Gasteiger partial charge < -0.3 is 5.11 Å².